The number of hydrogen-bond acceptors (Lipinski definition) is 4. The van der Waals surface area contributed by atoms with Crippen LogP contribution in [0.25, 0.3) is 0 Å². The van der Waals surface area contributed by atoms with Gasteiger partial charge in [-0.1, -0.05) is 13.8 Å². The number of anilines is 1. The van der Waals surface area contributed by atoms with E-state index in [0.29, 0.717) is 12.0 Å². The quantitative estimate of drug-likeness (QED) is 0.894. The molecule has 5 heteroatoms. The van der Waals surface area contributed by atoms with E-state index in [1.807, 2.05) is 20.2 Å². The van der Waals surface area contributed by atoms with Gasteiger partial charge in [-0.15, -0.1) is 0 Å². The lowest BCUT2D eigenvalue weighted by Crippen LogP contribution is -2.39. The van der Waals surface area contributed by atoms with Crippen molar-refractivity contribution in [1.82, 2.24) is 9.97 Å². The minimum Gasteiger partial charge on any atom is -0.372 e. The zero-order chi connectivity index (χ0) is 14.8. The summed E-state index contributed by atoms with van der Waals surface area (Å²) in [7, 11) is 1.87. The predicted octanol–water partition coefficient (Wildman–Crippen LogP) is 4.11. The average Bonchev–Trinajstić information content (AvgIpc) is 2.42. The lowest BCUT2D eigenvalue weighted by molar-refractivity contribution is -0.0947. The number of aromatic nitrogens is 2. The zero-order valence-corrected chi connectivity index (χ0v) is 14.4. The molecule has 0 unspecified atom stereocenters. The Bertz CT molecular complexity index is 466. The fourth-order valence-electron chi connectivity index (χ4n) is 2.80. The molecule has 1 fully saturated rings. The van der Waals surface area contributed by atoms with E-state index in [1.54, 1.807) is 0 Å². The summed E-state index contributed by atoms with van der Waals surface area (Å²) in [5.41, 5.74) is 0.0678. The van der Waals surface area contributed by atoms with Crippen molar-refractivity contribution in [2.45, 2.75) is 52.1 Å². The second-order valence-electron chi connectivity index (χ2n) is 6.23. The summed E-state index contributed by atoms with van der Waals surface area (Å²) >= 11 is 3.46. The summed E-state index contributed by atoms with van der Waals surface area (Å²) < 4.78 is 7.00. The van der Waals surface area contributed by atoms with E-state index < -0.39 is 0 Å². The summed E-state index contributed by atoms with van der Waals surface area (Å²) in [6, 6.07) is 0. The maximum Gasteiger partial charge on any atom is 0.162 e. The average molecular weight is 342 g/mol. The highest BCUT2D eigenvalue weighted by molar-refractivity contribution is 9.10. The minimum atomic E-state index is -0.323. The fourth-order valence-corrected chi connectivity index (χ4v) is 3.19. The Morgan fingerprint density at radius 3 is 2.50 bits per heavy atom. The van der Waals surface area contributed by atoms with E-state index in [0.717, 1.165) is 41.8 Å². The molecular formula is C15H24BrN3O. The van der Waals surface area contributed by atoms with Crippen LogP contribution in [0.1, 0.15) is 52.3 Å². The molecule has 1 saturated carbocycles. The van der Waals surface area contributed by atoms with Crippen molar-refractivity contribution >= 4 is 21.7 Å². The molecule has 1 heterocycles. The predicted molar refractivity (Wildman–Crippen MR) is 84.8 cm³/mol. The summed E-state index contributed by atoms with van der Waals surface area (Å²) in [4.78, 5) is 9.19. The minimum absolute atomic E-state index is 0.323. The van der Waals surface area contributed by atoms with Crippen LogP contribution in [0.2, 0.25) is 0 Å². The van der Waals surface area contributed by atoms with Gasteiger partial charge in [-0.3, -0.25) is 0 Å². The number of hydrogen-bond donors (Lipinski definition) is 1. The first-order chi connectivity index (χ1) is 9.42. The number of nitrogens with zero attached hydrogens (tertiary/aromatic N) is 2. The van der Waals surface area contributed by atoms with Gasteiger partial charge in [0, 0.05) is 19.9 Å². The molecular weight excluding hydrogens is 318 g/mol. The van der Waals surface area contributed by atoms with E-state index in [-0.39, 0.29) is 5.60 Å². The Balaban J connectivity index is 2.33. The van der Waals surface area contributed by atoms with Gasteiger partial charge >= 0.3 is 0 Å². The van der Waals surface area contributed by atoms with E-state index >= 15 is 0 Å². The molecule has 0 bridgehead atoms. The lowest BCUT2D eigenvalue weighted by atomic mass is 9.70. The first-order valence-corrected chi connectivity index (χ1v) is 8.06. The molecule has 0 amide bonds. The topological polar surface area (TPSA) is 47.0 Å². The van der Waals surface area contributed by atoms with Crippen LogP contribution in [0.3, 0.4) is 0 Å². The van der Waals surface area contributed by atoms with Crippen LogP contribution < -0.4 is 5.32 Å². The van der Waals surface area contributed by atoms with E-state index in [2.05, 4.69) is 45.1 Å². The molecule has 20 heavy (non-hydrogen) atoms. The molecule has 0 aromatic carbocycles. The summed E-state index contributed by atoms with van der Waals surface area (Å²) in [5.74, 6) is 1.63. The Morgan fingerprint density at radius 2 is 1.95 bits per heavy atom. The lowest BCUT2D eigenvalue weighted by Gasteiger charge is -2.42. The van der Waals surface area contributed by atoms with Crippen LogP contribution >= 0.6 is 15.9 Å². The Morgan fingerprint density at radius 1 is 1.30 bits per heavy atom. The van der Waals surface area contributed by atoms with Crippen molar-refractivity contribution in [2.24, 2.45) is 5.41 Å². The number of rotatable bonds is 4. The molecule has 0 atom stereocenters. The number of ether oxygens (including phenoxy) is 1. The maximum atomic E-state index is 6.12. The van der Waals surface area contributed by atoms with E-state index in [4.69, 9.17) is 4.74 Å². The van der Waals surface area contributed by atoms with Crippen molar-refractivity contribution in [2.75, 3.05) is 19.0 Å². The van der Waals surface area contributed by atoms with Crippen LogP contribution in [-0.2, 0) is 10.3 Å². The van der Waals surface area contributed by atoms with Crippen molar-refractivity contribution in [3.63, 3.8) is 0 Å². The third-order valence-electron chi connectivity index (χ3n) is 4.22. The SMILES string of the molecule is CCOC1(c2ncc(Br)c(NC)n2)CCC(C)(C)CC1. The molecule has 0 radical (unpaired) electrons. The highest BCUT2D eigenvalue weighted by Crippen LogP contribution is 2.46. The highest BCUT2D eigenvalue weighted by atomic mass is 79.9. The molecule has 0 aliphatic heterocycles. The van der Waals surface area contributed by atoms with Gasteiger partial charge in [0.15, 0.2) is 5.82 Å². The molecule has 1 aromatic rings. The second kappa shape index (κ2) is 5.98. The van der Waals surface area contributed by atoms with E-state index in [9.17, 15) is 0 Å². The van der Waals surface area contributed by atoms with Crippen LogP contribution in [0, 0.1) is 5.41 Å². The third kappa shape index (κ3) is 3.14. The monoisotopic (exact) mass is 341 g/mol. The van der Waals surface area contributed by atoms with Crippen molar-refractivity contribution in [3.8, 4) is 0 Å². The van der Waals surface area contributed by atoms with Crippen molar-refractivity contribution in [3.05, 3.63) is 16.5 Å². The van der Waals surface area contributed by atoms with Gasteiger partial charge in [-0.25, -0.2) is 9.97 Å². The molecule has 4 nitrogen and oxygen atoms in total. The molecule has 1 aliphatic carbocycles. The van der Waals surface area contributed by atoms with Crippen LogP contribution in [-0.4, -0.2) is 23.6 Å². The first kappa shape index (κ1) is 15.7. The van der Waals surface area contributed by atoms with Gasteiger partial charge in [0.1, 0.15) is 11.4 Å². The van der Waals surface area contributed by atoms with Gasteiger partial charge in [-0.05, 0) is 54.0 Å². The van der Waals surface area contributed by atoms with Crippen molar-refractivity contribution in [1.29, 1.82) is 0 Å². The first-order valence-electron chi connectivity index (χ1n) is 7.27. The summed E-state index contributed by atoms with van der Waals surface area (Å²) in [5, 5.41) is 3.10. The molecule has 112 valence electrons. The fraction of sp³-hybridized carbons (Fsp3) is 0.733. The Kier molecular flexibility index (Phi) is 4.69. The van der Waals surface area contributed by atoms with Crippen LogP contribution in [0.4, 0.5) is 5.82 Å². The molecule has 1 aliphatic rings. The Labute approximate surface area is 129 Å². The maximum absolute atomic E-state index is 6.12. The van der Waals surface area contributed by atoms with Crippen LogP contribution in [0.15, 0.2) is 10.7 Å². The molecule has 1 aromatic heterocycles. The second-order valence-corrected chi connectivity index (χ2v) is 7.09. The molecule has 1 N–H and O–H groups in total. The molecule has 0 spiro atoms. The van der Waals surface area contributed by atoms with Gasteiger partial charge < -0.3 is 10.1 Å². The highest BCUT2D eigenvalue weighted by Gasteiger charge is 2.42. The Hall–Kier alpha value is -0.680. The van der Waals surface area contributed by atoms with E-state index in [1.165, 1.54) is 0 Å². The number of nitrogens with one attached hydrogen (secondary N) is 1. The van der Waals surface area contributed by atoms with Crippen LogP contribution in [0.5, 0.6) is 0 Å². The zero-order valence-electron chi connectivity index (χ0n) is 12.8. The largest absolute Gasteiger partial charge is 0.372 e. The normalized spacial score (nSPS) is 20.6. The smallest absolute Gasteiger partial charge is 0.162 e. The summed E-state index contributed by atoms with van der Waals surface area (Å²) in [6.45, 7) is 7.38. The summed E-state index contributed by atoms with van der Waals surface area (Å²) in [6.07, 6.45) is 6.06. The molecule has 0 saturated heterocycles. The van der Waals surface area contributed by atoms with Gasteiger partial charge in [-0.2, -0.15) is 0 Å². The van der Waals surface area contributed by atoms with Gasteiger partial charge in [0.05, 0.1) is 4.47 Å². The third-order valence-corrected chi connectivity index (χ3v) is 4.80. The standard InChI is InChI=1S/C15H24BrN3O/c1-5-20-15(8-6-14(2,3)7-9-15)13-18-10-11(16)12(17-4)19-13/h10H,5-9H2,1-4H3,(H,17,18,19). The van der Waals surface area contributed by atoms with Crippen molar-refractivity contribution < 1.29 is 4.74 Å². The molecule has 2 rings (SSSR count). The number of halogens is 1. The van der Waals surface area contributed by atoms with Gasteiger partial charge in [0.25, 0.3) is 0 Å². The van der Waals surface area contributed by atoms with Gasteiger partial charge in [0.2, 0.25) is 0 Å².